The second kappa shape index (κ2) is 8.37. The SMILES string of the molecule is CC(C)(C)OC(=O)N[C@@H]1CCCN(C(=O)C2CSC3(c4ccccc4)CCC(=O)N23)C1. The molecule has 0 spiro atoms. The summed E-state index contributed by atoms with van der Waals surface area (Å²) >= 11 is 1.70. The highest BCUT2D eigenvalue weighted by Gasteiger charge is 2.57. The van der Waals surface area contributed by atoms with Crippen LogP contribution in [0.5, 0.6) is 0 Å². The molecule has 0 bridgehead atoms. The van der Waals surface area contributed by atoms with E-state index in [1.54, 1.807) is 11.8 Å². The number of piperidine rings is 1. The molecule has 0 radical (unpaired) electrons. The second-order valence-corrected chi connectivity index (χ2v) is 10.8. The lowest BCUT2D eigenvalue weighted by atomic mass is 10.0. The van der Waals surface area contributed by atoms with E-state index in [9.17, 15) is 14.4 Å². The Bertz CT molecular complexity index is 856. The smallest absolute Gasteiger partial charge is 0.407 e. The fourth-order valence-corrected chi connectivity index (χ4v) is 6.45. The van der Waals surface area contributed by atoms with Crippen LogP contribution in [-0.2, 0) is 19.2 Å². The number of hydrogen-bond acceptors (Lipinski definition) is 5. The number of nitrogens with one attached hydrogen (secondary N) is 1. The first-order chi connectivity index (χ1) is 14.7. The molecule has 31 heavy (non-hydrogen) atoms. The average Bonchev–Trinajstić information content (AvgIpc) is 3.26. The number of hydrogen-bond donors (Lipinski definition) is 1. The molecule has 3 heterocycles. The normalized spacial score (nSPS) is 28.4. The van der Waals surface area contributed by atoms with Crippen molar-refractivity contribution < 1.29 is 19.1 Å². The molecule has 3 aliphatic rings. The highest BCUT2D eigenvalue weighted by atomic mass is 32.2. The van der Waals surface area contributed by atoms with Gasteiger partial charge in [0.2, 0.25) is 11.8 Å². The Morgan fingerprint density at radius 3 is 2.68 bits per heavy atom. The Labute approximate surface area is 187 Å². The van der Waals surface area contributed by atoms with Crippen LogP contribution in [0, 0.1) is 0 Å². The molecule has 1 N–H and O–H groups in total. The van der Waals surface area contributed by atoms with Crippen molar-refractivity contribution in [2.45, 2.75) is 69.0 Å². The molecule has 1 aromatic rings. The molecule has 3 amide bonds. The van der Waals surface area contributed by atoms with Crippen molar-refractivity contribution in [3.63, 3.8) is 0 Å². The van der Waals surface area contributed by atoms with Crippen molar-refractivity contribution in [3.8, 4) is 0 Å². The van der Waals surface area contributed by atoms with Gasteiger partial charge in [-0.2, -0.15) is 0 Å². The second-order valence-electron chi connectivity index (χ2n) is 9.51. The van der Waals surface area contributed by atoms with Crippen LogP contribution in [0.1, 0.15) is 52.0 Å². The minimum atomic E-state index is -0.563. The van der Waals surface area contributed by atoms with Crippen LogP contribution in [0.3, 0.4) is 0 Å². The van der Waals surface area contributed by atoms with Gasteiger partial charge in [0.25, 0.3) is 0 Å². The molecule has 3 saturated heterocycles. The van der Waals surface area contributed by atoms with Crippen LogP contribution in [0.25, 0.3) is 0 Å². The molecule has 7 nitrogen and oxygen atoms in total. The maximum Gasteiger partial charge on any atom is 0.407 e. The van der Waals surface area contributed by atoms with Crippen LogP contribution in [0.15, 0.2) is 30.3 Å². The van der Waals surface area contributed by atoms with E-state index in [0.29, 0.717) is 25.3 Å². The summed E-state index contributed by atoms with van der Waals surface area (Å²) in [4.78, 5) is 41.7. The van der Waals surface area contributed by atoms with Gasteiger partial charge in [0.1, 0.15) is 16.5 Å². The summed E-state index contributed by atoms with van der Waals surface area (Å²) in [6.07, 6.45) is 2.35. The Morgan fingerprint density at radius 2 is 1.97 bits per heavy atom. The summed E-state index contributed by atoms with van der Waals surface area (Å²) in [6, 6.07) is 9.43. The first-order valence-corrected chi connectivity index (χ1v) is 12.0. The van der Waals surface area contributed by atoms with Crippen LogP contribution < -0.4 is 5.32 Å². The summed E-state index contributed by atoms with van der Waals surface area (Å²) in [7, 11) is 0. The van der Waals surface area contributed by atoms with Crippen molar-refractivity contribution in [2.75, 3.05) is 18.8 Å². The van der Waals surface area contributed by atoms with Crippen molar-refractivity contribution in [2.24, 2.45) is 0 Å². The number of ether oxygens (including phenoxy) is 1. The largest absolute Gasteiger partial charge is 0.444 e. The Morgan fingerprint density at radius 1 is 1.23 bits per heavy atom. The van der Waals surface area contributed by atoms with Gasteiger partial charge in [-0.25, -0.2) is 4.79 Å². The zero-order valence-corrected chi connectivity index (χ0v) is 19.2. The summed E-state index contributed by atoms with van der Waals surface area (Å²) in [6.45, 7) is 6.57. The first kappa shape index (κ1) is 22.0. The Balaban J connectivity index is 1.46. The Hall–Kier alpha value is -2.22. The van der Waals surface area contributed by atoms with Gasteiger partial charge in [-0.15, -0.1) is 11.8 Å². The third kappa shape index (κ3) is 4.40. The van der Waals surface area contributed by atoms with Crippen LogP contribution in [0.4, 0.5) is 4.79 Å². The zero-order chi connectivity index (χ0) is 22.2. The van der Waals surface area contributed by atoms with Crippen LogP contribution >= 0.6 is 11.8 Å². The van der Waals surface area contributed by atoms with E-state index in [0.717, 1.165) is 24.8 Å². The van der Waals surface area contributed by atoms with E-state index in [-0.39, 0.29) is 17.9 Å². The molecule has 4 rings (SSSR count). The summed E-state index contributed by atoms with van der Waals surface area (Å²) in [5.74, 6) is 0.629. The number of rotatable bonds is 3. The zero-order valence-electron chi connectivity index (χ0n) is 18.4. The van der Waals surface area contributed by atoms with Crippen molar-refractivity contribution in [1.82, 2.24) is 15.1 Å². The first-order valence-electron chi connectivity index (χ1n) is 11.0. The molecular weight excluding hydrogens is 414 g/mol. The molecule has 3 aliphatic heterocycles. The predicted octanol–water partition coefficient (Wildman–Crippen LogP) is 3.09. The molecule has 0 aromatic heterocycles. The molecule has 3 fully saturated rings. The van der Waals surface area contributed by atoms with Gasteiger partial charge in [-0.3, -0.25) is 9.59 Å². The quantitative estimate of drug-likeness (QED) is 0.774. The van der Waals surface area contributed by atoms with Crippen molar-refractivity contribution in [3.05, 3.63) is 35.9 Å². The van der Waals surface area contributed by atoms with E-state index in [4.69, 9.17) is 4.74 Å². The number of thioether (sulfide) groups is 1. The number of benzene rings is 1. The van der Waals surface area contributed by atoms with Gasteiger partial charge in [-0.1, -0.05) is 30.3 Å². The number of carbonyl (C=O) groups is 3. The van der Waals surface area contributed by atoms with E-state index in [2.05, 4.69) is 5.32 Å². The van der Waals surface area contributed by atoms with E-state index >= 15 is 0 Å². The van der Waals surface area contributed by atoms with Crippen molar-refractivity contribution >= 4 is 29.7 Å². The Kier molecular flexibility index (Phi) is 5.94. The fraction of sp³-hybridized carbons (Fsp3) is 0.609. The van der Waals surface area contributed by atoms with E-state index < -0.39 is 22.6 Å². The minimum absolute atomic E-state index is 0.0174. The van der Waals surface area contributed by atoms with Gasteiger partial charge >= 0.3 is 6.09 Å². The summed E-state index contributed by atoms with van der Waals surface area (Å²) in [5.41, 5.74) is 0.524. The third-order valence-electron chi connectivity index (χ3n) is 6.09. The van der Waals surface area contributed by atoms with Gasteiger partial charge < -0.3 is 19.9 Å². The standard InChI is InChI=1S/C23H31N3O4S/c1-22(2,3)30-21(29)24-17-10-7-13-25(14-17)20(28)18-15-31-23(12-11-19(27)26(18)23)16-8-5-4-6-9-16/h4-6,8-9,17-18H,7,10-15H2,1-3H3,(H,24,29)/t17-,18?,23?/m1/s1. The summed E-state index contributed by atoms with van der Waals surface area (Å²) in [5, 5.41) is 2.90. The maximum absolute atomic E-state index is 13.5. The molecule has 3 atom stereocenters. The summed E-state index contributed by atoms with van der Waals surface area (Å²) < 4.78 is 5.36. The lowest BCUT2D eigenvalue weighted by Gasteiger charge is -2.38. The average molecular weight is 446 g/mol. The number of fused-ring (bicyclic) bond motifs is 1. The van der Waals surface area contributed by atoms with Gasteiger partial charge in [-0.05, 0) is 45.6 Å². The fourth-order valence-electron chi connectivity index (χ4n) is 4.80. The molecular formula is C23H31N3O4S. The number of carbonyl (C=O) groups excluding carboxylic acids is 3. The monoisotopic (exact) mass is 445 g/mol. The molecule has 2 unspecified atom stereocenters. The van der Waals surface area contributed by atoms with E-state index in [1.807, 2.05) is 60.9 Å². The number of amides is 3. The minimum Gasteiger partial charge on any atom is -0.444 e. The molecule has 8 heteroatoms. The molecule has 0 aliphatic carbocycles. The van der Waals surface area contributed by atoms with Gasteiger partial charge in [0.15, 0.2) is 0 Å². The lowest BCUT2D eigenvalue weighted by Crippen LogP contribution is -2.56. The van der Waals surface area contributed by atoms with E-state index in [1.165, 1.54) is 0 Å². The third-order valence-corrected chi connectivity index (χ3v) is 7.69. The highest BCUT2D eigenvalue weighted by molar-refractivity contribution is 8.00. The van der Waals surface area contributed by atoms with Crippen molar-refractivity contribution in [1.29, 1.82) is 0 Å². The van der Waals surface area contributed by atoms with Crippen LogP contribution in [0.2, 0.25) is 0 Å². The predicted molar refractivity (Wildman–Crippen MR) is 119 cm³/mol. The highest BCUT2D eigenvalue weighted by Crippen LogP contribution is 2.54. The van der Waals surface area contributed by atoms with Gasteiger partial charge in [0, 0.05) is 31.3 Å². The molecule has 0 saturated carbocycles. The topological polar surface area (TPSA) is 79.0 Å². The molecule has 168 valence electrons. The maximum atomic E-state index is 13.5. The number of nitrogens with zero attached hydrogens (tertiary/aromatic N) is 2. The lowest BCUT2D eigenvalue weighted by molar-refractivity contribution is -0.145. The van der Waals surface area contributed by atoms with Crippen LogP contribution in [-0.4, -0.2) is 64.2 Å². The van der Waals surface area contributed by atoms with Gasteiger partial charge in [0.05, 0.1) is 0 Å². The number of likely N-dealkylation sites (tertiary alicyclic amines) is 1. The molecule has 1 aromatic carbocycles. The number of alkyl carbamates (subject to hydrolysis) is 1.